The van der Waals surface area contributed by atoms with Gasteiger partial charge in [-0.25, -0.2) is 4.79 Å². The zero-order valence-electron chi connectivity index (χ0n) is 14.1. The molecule has 1 aliphatic heterocycles. The van der Waals surface area contributed by atoms with E-state index in [2.05, 4.69) is 10.6 Å². The fourth-order valence-corrected chi connectivity index (χ4v) is 2.69. The van der Waals surface area contributed by atoms with Gasteiger partial charge in [-0.15, -0.1) is 0 Å². The Hall–Kier alpha value is -2.08. The normalized spacial score (nSPS) is 17.6. The molecule has 1 aliphatic rings. The number of carbonyl (C=O) groups excluding carboxylic acids is 3. The van der Waals surface area contributed by atoms with Gasteiger partial charge in [0.15, 0.2) is 0 Å². The Balaban J connectivity index is 1.78. The van der Waals surface area contributed by atoms with Gasteiger partial charge in [0.2, 0.25) is 5.91 Å². The van der Waals surface area contributed by atoms with Gasteiger partial charge in [-0.1, -0.05) is 23.7 Å². The van der Waals surface area contributed by atoms with Crippen LogP contribution in [0.25, 0.3) is 0 Å². The summed E-state index contributed by atoms with van der Waals surface area (Å²) >= 11 is 5.84. The predicted molar refractivity (Wildman–Crippen MR) is 91.6 cm³/mol. The fraction of sp³-hybridized carbons (Fsp3) is 0.471. The second-order valence-electron chi connectivity index (χ2n) is 6.46. The summed E-state index contributed by atoms with van der Waals surface area (Å²) in [6, 6.07) is 6.74. The first-order chi connectivity index (χ1) is 11.2. The summed E-state index contributed by atoms with van der Waals surface area (Å²) in [7, 11) is 0. The number of hydrogen-bond acceptors (Lipinski definition) is 3. The summed E-state index contributed by atoms with van der Waals surface area (Å²) in [6.45, 7) is 5.44. The minimum atomic E-state index is -0.873. The molecule has 4 amide bonds. The molecule has 0 spiro atoms. The molecule has 1 heterocycles. The molecular weight excluding hydrogens is 330 g/mol. The topological polar surface area (TPSA) is 78.5 Å². The molecule has 2 rings (SSSR count). The molecule has 0 saturated carbocycles. The maximum atomic E-state index is 12.0. The van der Waals surface area contributed by atoms with Crippen LogP contribution in [0.3, 0.4) is 0 Å². The van der Waals surface area contributed by atoms with Gasteiger partial charge in [0.1, 0.15) is 5.54 Å². The number of rotatable bonds is 6. The molecule has 7 heteroatoms. The highest BCUT2D eigenvalue weighted by Gasteiger charge is 2.43. The number of nitrogens with one attached hydrogen (secondary N) is 2. The van der Waals surface area contributed by atoms with Gasteiger partial charge in [0.25, 0.3) is 5.91 Å². The van der Waals surface area contributed by atoms with E-state index in [-0.39, 0.29) is 30.8 Å². The molecule has 1 saturated heterocycles. The van der Waals surface area contributed by atoms with Crippen molar-refractivity contribution in [2.75, 3.05) is 6.54 Å². The van der Waals surface area contributed by atoms with Gasteiger partial charge < -0.3 is 10.6 Å². The van der Waals surface area contributed by atoms with Crippen LogP contribution < -0.4 is 10.6 Å². The lowest BCUT2D eigenvalue weighted by molar-refractivity contribution is -0.130. The van der Waals surface area contributed by atoms with E-state index in [0.29, 0.717) is 11.4 Å². The standard InChI is InChI=1S/C17H22ClN3O3/c1-11(12-6-8-13(18)9-7-12)19-14(22)5-4-10-21-15(23)17(2,3)20-16(21)24/h6-9,11H,4-5,10H2,1-3H3,(H,19,22)(H,20,24)/t11-/m1/s1. The van der Waals surface area contributed by atoms with Crippen LogP contribution in [0, 0.1) is 0 Å². The quantitative estimate of drug-likeness (QED) is 0.773. The maximum Gasteiger partial charge on any atom is 0.325 e. The maximum absolute atomic E-state index is 12.0. The number of amides is 4. The van der Waals surface area contributed by atoms with Crippen LogP contribution in [0.15, 0.2) is 24.3 Å². The van der Waals surface area contributed by atoms with E-state index in [0.717, 1.165) is 10.5 Å². The highest BCUT2D eigenvalue weighted by molar-refractivity contribution is 6.30. The van der Waals surface area contributed by atoms with E-state index in [1.54, 1.807) is 26.0 Å². The molecule has 0 aliphatic carbocycles. The second-order valence-corrected chi connectivity index (χ2v) is 6.89. The molecule has 2 N–H and O–H groups in total. The fourth-order valence-electron chi connectivity index (χ4n) is 2.57. The zero-order valence-corrected chi connectivity index (χ0v) is 14.8. The van der Waals surface area contributed by atoms with E-state index in [1.807, 2.05) is 19.1 Å². The van der Waals surface area contributed by atoms with E-state index >= 15 is 0 Å². The first kappa shape index (κ1) is 18.3. The third-order valence-corrected chi connectivity index (χ3v) is 4.23. The third-order valence-electron chi connectivity index (χ3n) is 3.98. The van der Waals surface area contributed by atoms with Gasteiger partial charge in [-0.3, -0.25) is 14.5 Å². The summed E-state index contributed by atoms with van der Waals surface area (Å²) in [4.78, 5) is 37.0. The van der Waals surface area contributed by atoms with Crippen LogP contribution >= 0.6 is 11.6 Å². The SMILES string of the molecule is C[C@@H](NC(=O)CCCN1C(=O)NC(C)(C)C1=O)c1ccc(Cl)cc1. The Labute approximate surface area is 146 Å². The largest absolute Gasteiger partial charge is 0.350 e. The van der Waals surface area contributed by atoms with Crippen LogP contribution in [0.4, 0.5) is 4.79 Å². The average molecular weight is 352 g/mol. The number of benzene rings is 1. The first-order valence-electron chi connectivity index (χ1n) is 7.89. The lowest BCUT2D eigenvalue weighted by Crippen LogP contribution is -2.40. The van der Waals surface area contributed by atoms with Gasteiger partial charge in [-0.05, 0) is 44.9 Å². The molecule has 6 nitrogen and oxygen atoms in total. The number of carbonyl (C=O) groups is 3. The molecule has 0 unspecified atom stereocenters. The highest BCUT2D eigenvalue weighted by Crippen LogP contribution is 2.18. The van der Waals surface area contributed by atoms with Crippen LogP contribution in [-0.2, 0) is 9.59 Å². The molecule has 0 bridgehead atoms. The van der Waals surface area contributed by atoms with Crippen LogP contribution in [-0.4, -0.2) is 34.8 Å². The molecule has 130 valence electrons. The monoisotopic (exact) mass is 351 g/mol. The van der Waals surface area contributed by atoms with Crippen LogP contribution in [0.1, 0.15) is 45.2 Å². The Morgan fingerprint density at radius 1 is 1.29 bits per heavy atom. The third kappa shape index (κ3) is 4.26. The van der Waals surface area contributed by atoms with Crippen LogP contribution in [0.5, 0.6) is 0 Å². The van der Waals surface area contributed by atoms with Crippen molar-refractivity contribution in [3.8, 4) is 0 Å². The Morgan fingerprint density at radius 2 is 1.92 bits per heavy atom. The van der Waals surface area contributed by atoms with E-state index in [9.17, 15) is 14.4 Å². The minimum absolute atomic E-state index is 0.122. The Kier molecular flexibility index (Phi) is 5.49. The zero-order chi connectivity index (χ0) is 17.9. The van der Waals surface area contributed by atoms with Crippen molar-refractivity contribution >= 4 is 29.4 Å². The van der Waals surface area contributed by atoms with Crippen molar-refractivity contribution in [3.05, 3.63) is 34.9 Å². The van der Waals surface area contributed by atoms with E-state index in [1.165, 1.54) is 0 Å². The Morgan fingerprint density at radius 3 is 2.46 bits per heavy atom. The van der Waals surface area contributed by atoms with Gasteiger partial charge in [-0.2, -0.15) is 0 Å². The summed E-state index contributed by atoms with van der Waals surface area (Å²) in [6.07, 6.45) is 0.670. The number of hydrogen-bond donors (Lipinski definition) is 2. The summed E-state index contributed by atoms with van der Waals surface area (Å²) in [5.74, 6) is -0.383. The van der Waals surface area contributed by atoms with Crippen molar-refractivity contribution in [2.45, 2.75) is 45.2 Å². The summed E-state index contributed by atoms with van der Waals surface area (Å²) in [5, 5.41) is 6.16. The van der Waals surface area contributed by atoms with Crippen molar-refractivity contribution in [2.24, 2.45) is 0 Å². The number of nitrogens with zero attached hydrogens (tertiary/aromatic N) is 1. The van der Waals surface area contributed by atoms with Gasteiger partial charge in [0, 0.05) is 18.0 Å². The van der Waals surface area contributed by atoms with Crippen molar-refractivity contribution in [1.29, 1.82) is 0 Å². The molecule has 1 atom stereocenters. The lowest BCUT2D eigenvalue weighted by atomic mass is 10.1. The Bertz CT molecular complexity index is 643. The highest BCUT2D eigenvalue weighted by atomic mass is 35.5. The molecule has 0 aromatic heterocycles. The molecular formula is C17H22ClN3O3. The number of urea groups is 1. The number of halogens is 1. The average Bonchev–Trinajstić information content (AvgIpc) is 2.69. The van der Waals surface area contributed by atoms with Crippen molar-refractivity contribution in [1.82, 2.24) is 15.5 Å². The predicted octanol–water partition coefficient (Wildman–Crippen LogP) is 2.63. The van der Waals surface area contributed by atoms with Crippen LogP contribution in [0.2, 0.25) is 5.02 Å². The molecule has 1 aromatic rings. The van der Waals surface area contributed by atoms with Gasteiger partial charge in [0.05, 0.1) is 6.04 Å². The van der Waals surface area contributed by atoms with Crippen molar-refractivity contribution in [3.63, 3.8) is 0 Å². The lowest BCUT2D eigenvalue weighted by Gasteiger charge is -2.17. The van der Waals surface area contributed by atoms with Crippen molar-refractivity contribution < 1.29 is 14.4 Å². The van der Waals surface area contributed by atoms with E-state index in [4.69, 9.17) is 11.6 Å². The number of imide groups is 1. The minimum Gasteiger partial charge on any atom is -0.350 e. The molecule has 1 fully saturated rings. The summed E-state index contributed by atoms with van der Waals surface area (Å²) < 4.78 is 0. The molecule has 24 heavy (non-hydrogen) atoms. The smallest absolute Gasteiger partial charge is 0.325 e. The first-order valence-corrected chi connectivity index (χ1v) is 8.27. The molecule has 0 radical (unpaired) electrons. The molecule has 1 aromatic carbocycles. The second kappa shape index (κ2) is 7.21. The van der Waals surface area contributed by atoms with Gasteiger partial charge >= 0.3 is 6.03 Å². The van der Waals surface area contributed by atoms with E-state index < -0.39 is 11.6 Å². The summed E-state index contributed by atoms with van der Waals surface area (Å²) in [5.41, 5.74) is 0.0891.